The maximum absolute atomic E-state index is 14.0. The summed E-state index contributed by atoms with van der Waals surface area (Å²) in [5.41, 5.74) is 0. The fraction of sp³-hybridized carbons (Fsp3) is 1.00. The summed E-state index contributed by atoms with van der Waals surface area (Å²) < 4.78 is 36.2. The van der Waals surface area contributed by atoms with Crippen LogP contribution in [-0.4, -0.2) is 26.4 Å². The van der Waals surface area contributed by atoms with Crippen LogP contribution in [0.3, 0.4) is 0 Å². The zero-order chi connectivity index (χ0) is 23.8. The fourth-order valence-electron chi connectivity index (χ4n) is 3.14. The molecule has 0 spiro atoms. The van der Waals surface area contributed by atoms with E-state index in [2.05, 4.69) is 27.7 Å². The second-order valence-electron chi connectivity index (χ2n) is 8.58. The van der Waals surface area contributed by atoms with Gasteiger partial charge in [0.05, 0.1) is 0 Å². The molecule has 0 aromatic carbocycles. The van der Waals surface area contributed by atoms with Gasteiger partial charge in [-0.3, -0.25) is 0 Å². The quantitative estimate of drug-likeness (QED) is 0.0517. The van der Waals surface area contributed by atoms with Gasteiger partial charge in [-0.05, 0) is 0 Å². The molecule has 0 amide bonds. The molecule has 0 aliphatic carbocycles. The van der Waals surface area contributed by atoms with Crippen LogP contribution in [0.5, 0.6) is 0 Å². The minimum atomic E-state index is -6.07. The van der Waals surface area contributed by atoms with E-state index >= 15 is 0 Å². The molecular weight excluding hydrogens is 448 g/mol. The second-order valence-corrected chi connectivity index (χ2v) is 12.6. The van der Waals surface area contributed by atoms with Crippen LogP contribution in [0.15, 0.2) is 0 Å². The Morgan fingerprint density at radius 3 is 1.06 bits per heavy atom. The van der Waals surface area contributed by atoms with Gasteiger partial charge in [0.1, 0.15) is 0 Å². The second kappa shape index (κ2) is 21.8. The minimum absolute atomic E-state index is 0.216. The predicted molar refractivity (Wildman–Crippen MR) is 123 cm³/mol. The molecule has 0 unspecified atom stereocenters. The van der Waals surface area contributed by atoms with Crippen LogP contribution in [0.1, 0.15) is 130 Å². The topological polar surface area (TPSA) is 72.5 Å². The van der Waals surface area contributed by atoms with E-state index < -0.39 is 16.8 Å². The Kier molecular flexibility index (Phi) is 22.0. The summed E-state index contributed by atoms with van der Waals surface area (Å²) >= 11 is -6.07. The molecule has 0 N–H and O–H groups in total. The molecule has 0 atom stereocenters. The molecule has 0 saturated carbocycles. The van der Waals surface area contributed by atoms with Crippen molar-refractivity contribution in [3.8, 4) is 0 Å². The summed E-state index contributed by atoms with van der Waals surface area (Å²) in [6.45, 7) is 9.62. The van der Waals surface area contributed by atoms with Crippen molar-refractivity contribution in [2.75, 3.05) is 26.4 Å². The first kappa shape index (κ1) is 32.3. The summed E-state index contributed by atoms with van der Waals surface area (Å²) in [6, 6.07) is 0. The number of hydrogen-bond acceptors (Lipinski definition) is 7. The molecule has 32 heavy (non-hydrogen) atoms. The van der Waals surface area contributed by atoms with E-state index in [1.807, 2.05) is 0 Å². The van der Waals surface area contributed by atoms with Crippen LogP contribution in [0, 0.1) is 0 Å². The van der Waals surface area contributed by atoms with Crippen molar-refractivity contribution < 1.29 is 43.5 Å². The predicted octanol–water partition coefficient (Wildman–Crippen LogP) is 7.93. The first-order valence-electron chi connectivity index (χ1n) is 13.3. The Hall–Kier alpha value is 0.274. The third kappa shape index (κ3) is 17.7. The van der Waals surface area contributed by atoms with Crippen molar-refractivity contribution in [2.24, 2.45) is 0 Å². The molecule has 0 aromatic heterocycles. The van der Waals surface area contributed by atoms with E-state index in [0.717, 1.165) is 103 Å². The zero-order valence-electron chi connectivity index (χ0n) is 21.5. The average Bonchev–Trinajstić information content (AvgIpc) is 2.79. The van der Waals surface area contributed by atoms with Crippen LogP contribution in [0.2, 0.25) is 0 Å². The number of rotatable bonds is 26. The SMILES string of the molecule is CCCCCCO[O][Ti](=[O])([O]CCCCCC)([O]CCCCCC)[O]OCCCCCC. The molecule has 0 saturated heterocycles. The van der Waals surface area contributed by atoms with Crippen molar-refractivity contribution in [1.29, 1.82) is 0 Å². The third-order valence-corrected chi connectivity index (χ3v) is 8.55. The molecule has 0 aliphatic rings. The van der Waals surface area contributed by atoms with Gasteiger partial charge in [-0.25, -0.2) is 0 Å². The molecule has 0 bridgehead atoms. The summed E-state index contributed by atoms with van der Waals surface area (Å²) in [5.74, 6) is 0. The van der Waals surface area contributed by atoms with Crippen molar-refractivity contribution in [3.05, 3.63) is 0 Å². The van der Waals surface area contributed by atoms with Gasteiger partial charge in [0, 0.05) is 0 Å². The van der Waals surface area contributed by atoms with E-state index in [1.165, 1.54) is 0 Å². The molecule has 0 heterocycles. The normalized spacial score (nSPS) is 12.5. The van der Waals surface area contributed by atoms with Crippen LogP contribution in [-0.2, 0) is 43.5 Å². The van der Waals surface area contributed by atoms with Gasteiger partial charge >= 0.3 is 200 Å². The van der Waals surface area contributed by atoms with Crippen LogP contribution < -0.4 is 0 Å². The Labute approximate surface area is 200 Å². The Morgan fingerprint density at radius 1 is 0.438 bits per heavy atom. The molecule has 0 aromatic rings. The zero-order valence-corrected chi connectivity index (χ0v) is 23.1. The summed E-state index contributed by atoms with van der Waals surface area (Å²) in [5, 5.41) is 0. The van der Waals surface area contributed by atoms with Gasteiger partial charge in [0.15, 0.2) is 0 Å². The molecule has 7 nitrogen and oxygen atoms in total. The van der Waals surface area contributed by atoms with Crippen LogP contribution in [0.4, 0.5) is 0 Å². The van der Waals surface area contributed by atoms with Gasteiger partial charge in [-0.1, -0.05) is 0 Å². The Balaban J connectivity index is 5.00. The van der Waals surface area contributed by atoms with E-state index in [9.17, 15) is 3.32 Å². The summed E-state index contributed by atoms with van der Waals surface area (Å²) in [6.07, 6.45) is 16.0. The Bertz CT molecular complexity index is 420. The molecule has 0 radical (unpaired) electrons. The van der Waals surface area contributed by atoms with Gasteiger partial charge < -0.3 is 0 Å². The van der Waals surface area contributed by atoms with E-state index in [-0.39, 0.29) is 13.2 Å². The molecular formula is C24H52O7Ti. The van der Waals surface area contributed by atoms with E-state index in [4.69, 9.17) is 23.4 Å². The third-order valence-electron chi connectivity index (χ3n) is 5.22. The number of unbranched alkanes of at least 4 members (excludes halogenated alkanes) is 12. The molecule has 0 aliphatic heterocycles. The summed E-state index contributed by atoms with van der Waals surface area (Å²) in [7, 11) is 0. The van der Waals surface area contributed by atoms with Crippen molar-refractivity contribution in [2.45, 2.75) is 130 Å². The molecule has 0 rings (SSSR count). The fourth-order valence-corrected chi connectivity index (χ4v) is 5.97. The van der Waals surface area contributed by atoms with Crippen molar-refractivity contribution in [1.82, 2.24) is 0 Å². The molecule has 194 valence electrons. The number of hydrogen-bond donors (Lipinski definition) is 0. The first-order valence-corrected chi connectivity index (χ1v) is 16.5. The molecule has 0 fully saturated rings. The monoisotopic (exact) mass is 500 g/mol. The molecule has 8 heteroatoms. The van der Waals surface area contributed by atoms with Gasteiger partial charge in [0.25, 0.3) is 0 Å². The standard InChI is InChI=1S/2C6H14O2.2C6H13O.O.Ti/c2*1-2-3-4-5-6-8-7;2*1-2-3-4-5-6-7;;/h2*7H,2-6H2,1H3;2*2-6H2,1H3;;/q;;2*-1;;+4/p-2. The first-order chi connectivity index (χ1) is 15.5. The maximum atomic E-state index is 14.0. The van der Waals surface area contributed by atoms with Gasteiger partial charge in [0.2, 0.25) is 0 Å². The van der Waals surface area contributed by atoms with Gasteiger partial charge in [-0.2, -0.15) is 0 Å². The van der Waals surface area contributed by atoms with E-state index in [1.54, 1.807) is 0 Å². The van der Waals surface area contributed by atoms with E-state index in [0.29, 0.717) is 13.2 Å². The Morgan fingerprint density at radius 2 is 0.750 bits per heavy atom. The van der Waals surface area contributed by atoms with Crippen molar-refractivity contribution >= 4 is 0 Å². The van der Waals surface area contributed by atoms with Crippen LogP contribution in [0.25, 0.3) is 0 Å². The van der Waals surface area contributed by atoms with Crippen molar-refractivity contribution in [3.63, 3.8) is 0 Å². The van der Waals surface area contributed by atoms with Crippen LogP contribution >= 0.6 is 0 Å². The summed E-state index contributed by atoms with van der Waals surface area (Å²) in [4.78, 5) is 10.6. The van der Waals surface area contributed by atoms with Gasteiger partial charge in [-0.15, -0.1) is 0 Å². The average molecular weight is 501 g/mol.